The highest BCUT2D eigenvalue weighted by Crippen LogP contribution is 2.33. The van der Waals surface area contributed by atoms with Crippen LogP contribution in [0, 0.1) is 0 Å². The first-order chi connectivity index (χ1) is 14.6. The summed E-state index contributed by atoms with van der Waals surface area (Å²) < 4.78 is 7.79. The first kappa shape index (κ1) is 20.0. The maximum absolute atomic E-state index is 12.6. The maximum atomic E-state index is 12.6. The molecule has 0 aliphatic carbocycles. The third-order valence-electron chi connectivity index (χ3n) is 5.98. The molecule has 1 aromatic heterocycles. The Labute approximate surface area is 178 Å². The van der Waals surface area contributed by atoms with Gasteiger partial charge in [-0.1, -0.05) is 54.6 Å². The molecule has 4 heteroatoms. The van der Waals surface area contributed by atoms with Crippen molar-refractivity contribution < 1.29 is 9.53 Å². The van der Waals surface area contributed by atoms with Crippen LogP contribution in [0.15, 0.2) is 77.9 Å². The average molecular weight is 401 g/mol. The van der Waals surface area contributed by atoms with Crippen molar-refractivity contribution in [2.75, 3.05) is 13.1 Å². The van der Waals surface area contributed by atoms with Crippen molar-refractivity contribution in [1.82, 2.24) is 9.47 Å². The predicted molar refractivity (Wildman–Crippen MR) is 122 cm³/mol. The van der Waals surface area contributed by atoms with E-state index in [1.165, 1.54) is 33.3 Å². The Hall–Kier alpha value is -3.27. The first-order valence-electron chi connectivity index (χ1n) is 10.4. The molecule has 3 aromatic rings. The summed E-state index contributed by atoms with van der Waals surface area (Å²) in [5.74, 6) is 0. The van der Waals surface area contributed by atoms with Crippen molar-refractivity contribution in [2.24, 2.45) is 7.05 Å². The van der Waals surface area contributed by atoms with Crippen molar-refractivity contribution >= 4 is 22.6 Å². The number of hydrogen-bond acceptors (Lipinski definition) is 2. The van der Waals surface area contributed by atoms with Crippen LogP contribution in [0.4, 0.5) is 4.79 Å². The zero-order valence-electron chi connectivity index (χ0n) is 17.9. The van der Waals surface area contributed by atoms with Gasteiger partial charge in [0.15, 0.2) is 0 Å². The van der Waals surface area contributed by atoms with Crippen LogP contribution in [0.5, 0.6) is 0 Å². The molecule has 4 nitrogen and oxygen atoms in total. The minimum Gasteiger partial charge on any atom is -0.445 e. The third-order valence-corrected chi connectivity index (χ3v) is 5.98. The molecular weight excluding hydrogens is 372 g/mol. The Morgan fingerprint density at radius 1 is 1.10 bits per heavy atom. The molecule has 1 amide bonds. The fraction of sp³-hybridized carbons (Fsp3) is 0.269. The van der Waals surface area contributed by atoms with Crippen LogP contribution in [0.2, 0.25) is 0 Å². The topological polar surface area (TPSA) is 34.5 Å². The number of nitrogens with zero attached hydrogens (tertiary/aromatic N) is 2. The van der Waals surface area contributed by atoms with Gasteiger partial charge in [0.05, 0.1) is 0 Å². The van der Waals surface area contributed by atoms with Gasteiger partial charge in [-0.15, -0.1) is 0 Å². The zero-order chi connectivity index (χ0) is 21.1. The van der Waals surface area contributed by atoms with Crippen LogP contribution >= 0.6 is 0 Å². The molecule has 2 aromatic carbocycles. The van der Waals surface area contributed by atoms with Crippen LogP contribution in [-0.2, 0) is 18.4 Å². The van der Waals surface area contributed by atoms with Crippen molar-refractivity contribution in [3.05, 3.63) is 89.1 Å². The molecule has 0 saturated carbocycles. The zero-order valence-corrected chi connectivity index (χ0v) is 17.9. The summed E-state index contributed by atoms with van der Waals surface area (Å²) in [7, 11) is 2.12. The van der Waals surface area contributed by atoms with Crippen LogP contribution in [-0.4, -0.2) is 28.6 Å². The van der Waals surface area contributed by atoms with E-state index in [9.17, 15) is 4.79 Å². The van der Waals surface area contributed by atoms with Crippen LogP contribution in [0.3, 0.4) is 0 Å². The Bertz CT molecular complexity index is 1120. The minimum absolute atomic E-state index is 0.250. The molecule has 0 unspecified atom stereocenters. The van der Waals surface area contributed by atoms with Gasteiger partial charge in [0.25, 0.3) is 0 Å². The van der Waals surface area contributed by atoms with Gasteiger partial charge in [-0.2, -0.15) is 0 Å². The van der Waals surface area contributed by atoms with E-state index < -0.39 is 0 Å². The fourth-order valence-electron chi connectivity index (χ4n) is 4.25. The van der Waals surface area contributed by atoms with E-state index in [4.69, 9.17) is 4.74 Å². The standard InChI is InChI=1S/C26H28N2O2/c1-4-21-17-28(26(29)30-18-20-10-6-5-7-11-20)15-14-23(21)19(2)25-16-22-12-8-9-13-24(22)27(25)3/h4-13,16H,14-15,17-18H2,1-3H3/b21-4+,23-19-. The molecule has 0 N–H and O–H groups in total. The molecule has 154 valence electrons. The Morgan fingerprint density at radius 3 is 2.57 bits per heavy atom. The molecule has 0 atom stereocenters. The molecule has 2 heterocycles. The minimum atomic E-state index is -0.250. The number of piperidine rings is 1. The first-order valence-corrected chi connectivity index (χ1v) is 10.4. The second-order valence-electron chi connectivity index (χ2n) is 7.78. The smallest absolute Gasteiger partial charge is 0.410 e. The van der Waals surface area contributed by atoms with Crippen LogP contribution in [0.1, 0.15) is 31.5 Å². The fourth-order valence-corrected chi connectivity index (χ4v) is 4.25. The molecule has 0 spiro atoms. The highest BCUT2D eigenvalue weighted by molar-refractivity contribution is 5.86. The lowest BCUT2D eigenvalue weighted by Gasteiger charge is -2.31. The summed E-state index contributed by atoms with van der Waals surface area (Å²) in [5.41, 5.74) is 7.26. The number of para-hydroxylation sites is 1. The number of benzene rings is 2. The summed E-state index contributed by atoms with van der Waals surface area (Å²) in [6.07, 6.45) is 2.70. The Kier molecular flexibility index (Phi) is 5.75. The van der Waals surface area contributed by atoms with Gasteiger partial charge in [-0.25, -0.2) is 4.79 Å². The van der Waals surface area contributed by atoms with Crippen LogP contribution in [0.25, 0.3) is 16.5 Å². The lowest BCUT2D eigenvalue weighted by atomic mass is 9.92. The number of carbonyl (C=O) groups is 1. The number of amides is 1. The maximum Gasteiger partial charge on any atom is 0.410 e. The van der Waals surface area contributed by atoms with E-state index in [1.807, 2.05) is 37.3 Å². The summed E-state index contributed by atoms with van der Waals surface area (Å²) in [6, 6.07) is 20.5. The second kappa shape index (κ2) is 8.62. The number of aromatic nitrogens is 1. The monoisotopic (exact) mass is 400 g/mol. The highest BCUT2D eigenvalue weighted by Gasteiger charge is 2.25. The SMILES string of the molecule is C/C=C1\CN(C(=O)OCc2ccccc2)CC\C1=C(/C)c1cc2ccccc2n1C. The molecule has 0 radical (unpaired) electrons. The molecule has 0 bridgehead atoms. The largest absolute Gasteiger partial charge is 0.445 e. The number of carbonyl (C=O) groups excluding carboxylic acids is 1. The van der Waals surface area contributed by atoms with Gasteiger partial charge < -0.3 is 14.2 Å². The third kappa shape index (κ3) is 3.90. The molecule has 1 saturated heterocycles. The van der Waals surface area contributed by atoms with Gasteiger partial charge in [0.1, 0.15) is 6.61 Å². The number of allylic oxidation sites excluding steroid dienone is 2. The molecule has 1 fully saturated rings. The van der Waals surface area contributed by atoms with Gasteiger partial charge in [-0.3, -0.25) is 0 Å². The van der Waals surface area contributed by atoms with Crippen molar-refractivity contribution in [3.8, 4) is 0 Å². The predicted octanol–water partition coefficient (Wildman–Crippen LogP) is 5.94. The summed E-state index contributed by atoms with van der Waals surface area (Å²) in [6.45, 7) is 5.79. The van der Waals surface area contributed by atoms with Crippen molar-refractivity contribution in [2.45, 2.75) is 26.9 Å². The van der Waals surface area contributed by atoms with E-state index in [2.05, 4.69) is 54.9 Å². The van der Waals surface area contributed by atoms with E-state index in [-0.39, 0.29) is 6.09 Å². The number of fused-ring (bicyclic) bond motifs is 1. The van der Waals surface area contributed by atoms with E-state index in [0.717, 1.165) is 12.0 Å². The number of ether oxygens (including phenoxy) is 1. The quantitative estimate of drug-likeness (QED) is 0.545. The van der Waals surface area contributed by atoms with Crippen molar-refractivity contribution in [3.63, 3.8) is 0 Å². The average Bonchev–Trinajstić information content (AvgIpc) is 3.14. The Morgan fingerprint density at radius 2 is 1.83 bits per heavy atom. The van der Waals surface area contributed by atoms with E-state index >= 15 is 0 Å². The van der Waals surface area contributed by atoms with Gasteiger partial charge in [0, 0.05) is 36.7 Å². The number of rotatable bonds is 3. The van der Waals surface area contributed by atoms with Crippen LogP contribution < -0.4 is 0 Å². The summed E-state index contributed by atoms with van der Waals surface area (Å²) in [4.78, 5) is 14.4. The molecule has 30 heavy (non-hydrogen) atoms. The number of likely N-dealkylation sites (tertiary alicyclic amines) is 1. The van der Waals surface area contributed by atoms with E-state index in [0.29, 0.717) is 19.7 Å². The van der Waals surface area contributed by atoms with Gasteiger partial charge in [-0.05, 0) is 54.7 Å². The lowest BCUT2D eigenvalue weighted by Crippen LogP contribution is -2.38. The van der Waals surface area contributed by atoms with Crippen molar-refractivity contribution in [1.29, 1.82) is 0 Å². The Balaban J connectivity index is 1.51. The summed E-state index contributed by atoms with van der Waals surface area (Å²) in [5, 5.41) is 1.25. The summed E-state index contributed by atoms with van der Waals surface area (Å²) >= 11 is 0. The molecule has 1 aliphatic rings. The lowest BCUT2D eigenvalue weighted by molar-refractivity contribution is 0.0977. The van der Waals surface area contributed by atoms with Gasteiger partial charge in [0.2, 0.25) is 0 Å². The molecule has 4 rings (SSSR count). The molecular formula is C26H28N2O2. The molecule has 1 aliphatic heterocycles. The number of hydrogen-bond donors (Lipinski definition) is 0. The number of aryl methyl sites for hydroxylation is 1. The highest BCUT2D eigenvalue weighted by atomic mass is 16.6. The normalized spacial score (nSPS) is 17.4. The second-order valence-corrected chi connectivity index (χ2v) is 7.78. The van der Waals surface area contributed by atoms with Gasteiger partial charge >= 0.3 is 6.09 Å². The van der Waals surface area contributed by atoms with E-state index in [1.54, 1.807) is 4.90 Å².